The maximum absolute atomic E-state index is 10.7. The number of benzene rings is 2. The lowest BCUT2D eigenvalue weighted by Crippen LogP contribution is -2.10. The van der Waals surface area contributed by atoms with Crippen LogP contribution in [-0.4, -0.2) is 21.6 Å². The first kappa shape index (κ1) is 16.7. The molecule has 0 radical (unpaired) electrons. The first-order valence-corrected chi connectivity index (χ1v) is 6.75. The van der Waals surface area contributed by atoms with E-state index < -0.39 is 16.0 Å². The lowest BCUT2D eigenvalue weighted by molar-refractivity contribution is -0.385. The zero-order valence-corrected chi connectivity index (χ0v) is 12.3. The van der Waals surface area contributed by atoms with Crippen molar-refractivity contribution in [3.63, 3.8) is 0 Å². The number of non-ortho nitro benzene ring substituents is 2. The Hall–Kier alpha value is -2.71. The Bertz CT molecular complexity index is 752. The second kappa shape index (κ2) is 7.03. The fraction of sp³-hybridized carbons (Fsp3) is 0.143. The van der Waals surface area contributed by atoms with Crippen LogP contribution in [-0.2, 0) is 0 Å². The standard InChI is InChI=1S/C14H11ClN2O6/c15-12-7-11(17(21)22)4-5-14(12)23-8-13(18)9-2-1-3-10(6-9)16(19)20/h1-7,13,18H,8H2. The molecule has 1 unspecified atom stereocenters. The summed E-state index contributed by atoms with van der Waals surface area (Å²) in [6.45, 7) is -0.210. The van der Waals surface area contributed by atoms with Gasteiger partial charge in [-0.2, -0.15) is 0 Å². The van der Waals surface area contributed by atoms with Gasteiger partial charge in [0.1, 0.15) is 18.5 Å². The van der Waals surface area contributed by atoms with Crippen LogP contribution in [0.25, 0.3) is 0 Å². The number of aliphatic hydroxyl groups is 1. The van der Waals surface area contributed by atoms with Gasteiger partial charge in [0.05, 0.1) is 14.9 Å². The molecule has 0 amide bonds. The van der Waals surface area contributed by atoms with E-state index >= 15 is 0 Å². The molecule has 0 saturated heterocycles. The summed E-state index contributed by atoms with van der Waals surface area (Å²) in [7, 11) is 0. The summed E-state index contributed by atoms with van der Waals surface area (Å²) >= 11 is 5.87. The summed E-state index contributed by atoms with van der Waals surface area (Å²) in [6, 6.07) is 9.21. The Morgan fingerprint density at radius 3 is 2.35 bits per heavy atom. The van der Waals surface area contributed by atoms with Crippen LogP contribution in [0.5, 0.6) is 5.75 Å². The number of nitro benzene ring substituents is 2. The zero-order chi connectivity index (χ0) is 17.0. The van der Waals surface area contributed by atoms with Gasteiger partial charge in [0.25, 0.3) is 11.4 Å². The highest BCUT2D eigenvalue weighted by Gasteiger charge is 2.15. The zero-order valence-electron chi connectivity index (χ0n) is 11.6. The summed E-state index contributed by atoms with van der Waals surface area (Å²) < 4.78 is 5.31. The van der Waals surface area contributed by atoms with Crippen LogP contribution >= 0.6 is 11.6 Å². The molecule has 1 atom stereocenters. The second-order valence-corrected chi connectivity index (χ2v) is 4.96. The van der Waals surface area contributed by atoms with Crippen LogP contribution < -0.4 is 4.74 Å². The van der Waals surface area contributed by atoms with Crippen LogP contribution in [0.2, 0.25) is 5.02 Å². The van der Waals surface area contributed by atoms with Crippen LogP contribution in [0.15, 0.2) is 42.5 Å². The van der Waals surface area contributed by atoms with Crippen LogP contribution in [0.4, 0.5) is 11.4 Å². The van der Waals surface area contributed by atoms with E-state index in [2.05, 4.69) is 0 Å². The highest BCUT2D eigenvalue weighted by molar-refractivity contribution is 6.32. The highest BCUT2D eigenvalue weighted by atomic mass is 35.5. The Balaban J connectivity index is 2.07. The Kier molecular flexibility index (Phi) is 5.09. The lowest BCUT2D eigenvalue weighted by Gasteiger charge is -2.13. The van der Waals surface area contributed by atoms with Crippen molar-refractivity contribution in [3.8, 4) is 5.75 Å². The third-order valence-corrected chi connectivity index (χ3v) is 3.28. The quantitative estimate of drug-likeness (QED) is 0.638. The number of ether oxygens (including phenoxy) is 1. The molecule has 0 aliphatic rings. The predicted octanol–water partition coefficient (Wildman–Crippen LogP) is 3.27. The van der Waals surface area contributed by atoms with E-state index in [-0.39, 0.29) is 28.8 Å². The summed E-state index contributed by atoms with van der Waals surface area (Å²) in [5.74, 6) is 0.168. The fourth-order valence-corrected chi connectivity index (χ4v) is 2.06. The molecule has 2 aromatic rings. The molecule has 0 aliphatic carbocycles. The monoisotopic (exact) mass is 338 g/mol. The maximum atomic E-state index is 10.7. The van der Waals surface area contributed by atoms with Gasteiger partial charge in [-0.25, -0.2) is 0 Å². The van der Waals surface area contributed by atoms with E-state index in [4.69, 9.17) is 16.3 Å². The molecular formula is C14H11ClN2O6. The topological polar surface area (TPSA) is 116 Å². The van der Waals surface area contributed by atoms with Crippen molar-refractivity contribution >= 4 is 23.0 Å². The molecule has 0 fully saturated rings. The molecule has 0 spiro atoms. The van der Waals surface area contributed by atoms with E-state index in [0.717, 1.165) is 6.07 Å². The third kappa shape index (κ3) is 4.15. The molecule has 0 bridgehead atoms. The summed E-state index contributed by atoms with van der Waals surface area (Å²) in [5, 5.41) is 31.4. The van der Waals surface area contributed by atoms with Crippen LogP contribution in [0.1, 0.15) is 11.7 Å². The molecular weight excluding hydrogens is 328 g/mol. The molecule has 0 aliphatic heterocycles. The van der Waals surface area contributed by atoms with Gasteiger partial charge in [-0.1, -0.05) is 23.7 Å². The number of nitrogens with zero attached hydrogens (tertiary/aromatic N) is 2. The van der Waals surface area contributed by atoms with E-state index in [1.807, 2.05) is 0 Å². The van der Waals surface area contributed by atoms with Crippen molar-refractivity contribution in [1.82, 2.24) is 0 Å². The first-order valence-electron chi connectivity index (χ1n) is 6.37. The molecule has 8 nitrogen and oxygen atoms in total. The summed E-state index contributed by atoms with van der Waals surface area (Å²) in [4.78, 5) is 20.2. The predicted molar refractivity (Wildman–Crippen MR) is 81.7 cm³/mol. The number of nitro groups is 2. The number of hydrogen-bond acceptors (Lipinski definition) is 6. The fourth-order valence-electron chi connectivity index (χ4n) is 1.83. The van der Waals surface area contributed by atoms with Gasteiger partial charge in [0.15, 0.2) is 0 Å². The van der Waals surface area contributed by atoms with Gasteiger partial charge in [-0.15, -0.1) is 0 Å². The lowest BCUT2D eigenvalue weighted by atomic mass is 10.1. The molecule has 0 heterocycles. The summed E-state index contributed by atoms with van der Waals surface area (Å²) in [5.41, 5.74) is -0.00580. The Labute approximate surface area is 135 Å². The first-order chi connectivity index (χ1) is 10.9. The van der Waals surface area contributed by atoms with Crippen molar-refractivity contribution in [2.45, 2.75) is 6.10 Å². The van der Waals surface area contributed by atoms with Gasteiger partial charge >= 0.3 is 0 Å². The average Bonchev–Trinajstić information content (AvgIpc) is 2.53. The summed E-state index contributed by atoms with van der Waals surface area (Å²) in [6.07, 6.45) is -1.11. The molecule has 0 saturated carbocycles. The number of rotatable bonds is 6. The normalized spacial score (nSPS) is 11.7. The highest BCUT2D eigenvalue weighted by Crippen LogP contribution is 2.29. The minimum Gasteiger partial charge on any atom is -0.489 e. The van der Waals surface area contributed by atoms with Crippen molar-refractivity contribution in [3.05, 3.63) is 73.3 Å². The molecule has 2 rings (SSSR count). The largest absolute Gasteiger partial charge is 0.489 e. The van der Waals surface area contributed by atoms with Crippen LogP contribution in [0.3, 0.4) is 0 Å². The maximum Gasteiger partial charge on any atom is 0.271 e. The van der Waals surface area contributed by atoms with Crippen LogP contribution in [0, 0.1) is 20.2 Å². The minimum absolute atomic E-state index is 0.0328. The Morgan fingerprint density at radius 2 is 1.74 bits per heavy atom. The van der Waals surface area contributed by atoms with Crippen molar-refractivity contribution in [2.75, 3.05) is 6.61 Å². The van der Waals surface area contributed by atoms with Gasteiger partial charge < -0.3 is 9.84 Å². The molecule has 1 N–H and O–H groups in total. The van der Waals surface area contributed by atoms with Gasteiger partial charge in [0.2, 0.25) is 0 Å². The molecule has 120 valence electrons. The smallest absolute Gasteiger partial charge is 0.271 e. The second-order valence-electron chi connectivity index (χ2n) is 4.55. The molecule has 9 heteroatoms. The van der Waals surface area contributed by atoms with Crippen molar-refractivity contribution in [2.24, 2.45) is 0 Å². The average molecular weight is 339 g/mol. The molecule has 23 heavy (non-hydrogen) atoms. The number of aliphatic hydroxyl groups excluding tert-OH is 1. The number of hydrogen-bond donors (Lipinski definition) is 1. The van der Waals surface area contributed by atoms with Crippen molar-refractivity contribution < 1.29 is 19.7 Å². The van der Waals surface area contributed by atoms with E-state index in [1.54, 1.807) is 0 Å². The van der Waals surface area contributed by atoms with E-state index in [9.17, 15) is 25.3 Å². The van der Waals surface area contributed by atoms with E-state index in [0.29, 0.717) is 5.56 Å². The number of halogens is 1. The van der Waals surface area contributed by atoms with Gasteiger partial charge in [-0.3, -0.25) is 20.2 Å². The van der Waals surface area contributed by atoms with E-state index in [1.165, 1.54) is 36.4 Å². The minimum atomic E-state index is -1.11. The molecule has 2 aromatic carbocycles. The Morgan fingerprint density at radius 1 is 1.09 bits per heavy atom. The third-order valence-electron chi connectivity index (χ3n) is 2.99. The van der Waals surface area contributed by atoms with Crippen molar-refractivity contribution in [1.29, 1.82) is 0 Å². The molecule has 0 aromatic heterocycles. The SMILES string of the molecule is O=[N+]([O-])c1cccc(C(O)COc2ccc([N+](=O)[O-])cc2Cl)c1. The van der Waals surface area contributed by atoms with Gasteiger partial charge in [0, 0.05) is 24.3 Å². The van der Waals surface area contributed by atoms with Gasteiger partial charge in [-0.05, 0) is 11.6 Å².